The molecule has 18 heavy (non-hydrogen) atoms. The Morgan fingerprint density at radius 2 is 2.22 bits per heavy atom. The van der Waals surface area contributed by atoms with Crippen LogP contribution in [0.25, 0.3) is 0 Å². The van der Waals surface area contributed by atoms with Crippen molar-refractivity contribution in [3.63, 3.8) is 0 Å². The Bertz CT molecular complexity index is 236. The third-order valence-electron chi connectivity index (χ3n) is 3.00. The molecule has 1 unspecified atom stereocenters. The van der Waals surface area contributed by atoms with Gasteiger partial charge in [0.1, 0.15) is 0 Å². The van der Waals surface area contributed by atoms with E-state index in [-0.39, 0.29) is 6.29 Å². The molecule has 1 aliphatic rings. The lowest BCUT2D eigenvalue weighted by atomic mass is 10.1. The van der Waals surface area contributed by atoms with Crippen molar-refractivity contribution in [3.8, 4) is 0 Å². The average Bonchev–Trinajstić information content (AvgIpc) is 2.37. The van der Waals surface area contributed by atoms with Crippen molar-refractivity contribution in [1.82, 2.24) is 0 Å². The fraction of sp³-hybridized carbons (Fsp3) is 0.857. The number of allylic oxidation sites excluding steroid dienone is 1. The van der Waals surface area contributed by atoms with Gasteiger partial charge in [-0.1, -0.05) is 63.3 Å². The molecule has 0 saturated carbocycles. The van der Waals surface area contributed by atoms with Crippen molar-refractivity contribution in [2.75, 3.05) is 13.2 Å². The molecular formula is C14H24I2O2. The van der Waals surface area contributed by atoms with Gasteiger partial charge in [0.2, 0.25) is 0 Å². The third kappa shape index (κ3) is 9.09. The molecule has 1 atom stereocenters. The molecule has 0 aromatic carbocycles. The summed E-state index contributed by atoms with van der Waals surface area (Å²) in [6.45, 7) is 3.75. The summed E-state index contributed by atoms with van der Waals surface area (Å²) in [5.74, 6) is 0. The smallest absolute Gasteiger partial charge is 0.158 e. The van der Waals surface area contributed by atoms with E-state index in [2.05, 4.69) is 58.2 Å². The molecule has 1 aliphatic heterocycles. The Balaban J connectivity index is 2.02. The topological polar surface area (TPSA) is 18.5 Å². The van der Waals surface area contributed by atoms with Gasteiger partial charge in [0.25, 0.3) is 0 Å². The van der Waals surface area contributed by atoms with E-state index in [1.165, 1.54) is 44.1 Å². The summed E-state index contributed by atoms with van der Waals surface area (Å²) in [6, 6.07) is 0. The van der Waals surface area contributed by atoms with Crippen LogP contribution in [-0.2, 0) is 9.47 Å². The van der Waals surface area contributed by atoms with Crippen molar-refractivity contribution in [3.05, 3.63) is 11.6 Å². The first-order valence-corrected chi connectivity index (χ1v) is 9.34. The van der Waals surface area contributed by atoms with E-state index in [0.29, 0.717) is 0 Å². The molecule has 0 aliphatic carbocycles. The molecular weight excluding hydrogens is 454 g/mol. The summed E-state index contributed by atoms with van der Waals surface area (Å²) in [4.78, 5) is 0. The zero-order valence-electron chi connectivity index (χ0n) is 11.2. The molecule has 0 amide bonds. The van der Waals surface area contributed by atoms with Gasteiger partial charge in [-0.25, -0.2) is 0 Å². The molecule has 0 spiro atoms. The van der Waals surface area contributed by atoms with Crippen LogP contribution in [0.3, 0.4) is 0 Å². The van der Waals surface area contributed by atoms with Crippen LogP contribution in [0, 0.1) is 0 Å². The summed E-state index contributed by atoms with van der Waals surface area (Å²) < 4.78 is 12.1. The monoisotopic (exact) mass is 478 g/mol. The zero-order chi connectivity index (χ0) is 13.2. The maximum Gasteiger partial charge on any atom is 0.158 e. The molecule has 0 N–H and O–H groups in total. The van der Waals surface area contributed by atoms with Crippen molar-refractivity contribution in [2.45, 2.75) is 60.1 Å². The van der Waals surface area contributed by atoms with E-state index in [1.807, 2.05) is 0 Å². The van der Waals surface area contributed by atoms with Crippen molar-refractivity contribution in [1.29, 1.82) is 0 Å². The second kappa shape index (κ2) is 10.9. The van der Waals surface area contributed by atoms with Crippen LogP contribution >= 0.6 is 45.2 Å². The highest BCUT2D eigenvalue weighted by Crippen LogP contribution is 2.18. The maximum atomic E-state index is 5.75. The van der Waals surface area contributed by atoms with Crippen LogP contribution in [0.1, 0.15) is 51.9 Å². The lowest BCUT2D eigenvalue weighted by molar-refractivity contribution is -0.156. The second-order valence-electron chi connectivity index (χ2n) is 4.83. The van der Waals surface area contributed by atoms with Crippen molar-refractivity contribution >= 4 is 45.2 Å². The lowest BCUT2D eigenvalue weighted by Crippen LogP contribution is -2.22. The Labute approximate surface area is 139 Å². The molecule has 1 rings (SSSR count). The zero-order valence-corrected chi connectivity index (χ0v) is 15.5. The highest BCUT2D eigenvalue weighted by atomic mass is 127. The van der Waals surface area contributed by atoms with Gasteiger partial charge in [0.05, 0.1) is 8.54 Å². The van der Waals surface area contributed by atoms with Gasteiger partial charge in [-0.05, 0) is 45.4 Å². The summed E-state index contributed by atoms with van der Waals surface area (Å²) in [5, 5.41) is 0. The Morgan fingerprint density at radius 1 is 1.39 bits per heavy atom. The van der Waals surface area contributed by atoms with Crippen molar-refractivity contribution < 1.29 is 9.47 Å². The Kier molecular flexibility index (Phi) is 10.4. The molecule has 0 aromatic rings. The van der Waals surface area contributed by atoms with E-state index < -0.39 is 0 Å². The summed E-state index contributed by atoms with van der Waals surface area (Å²) in [5.41, 5.74) is 1.34. The Morgan fingerprint density at radius 3 is 2.89 bits per heavy atom. The van der Waals surface area contributed by atoms with Gasteiger partial charge in [0, 0.05) is 6.61 Å². The predicted octanol–water partition coefficient (Wildman–Crippen LogP) is 5.23. The highest BCUT2D eigenvalue weighted by molar-refractivity contribution is 14.2. The fourth-order valence-electron chi connectivity index (χ4n) is 1.92. The molecule has 0 radical (unpaired) electrons. The fourth-order valence-corrected chi connectivity index (χ4v) is 2.80. The molecule has 1 saturated heterocycles. The number of ether oxygens (including phenoxy) is 2. The van der Waals surface area contributed by atoms with Crippen molar-refractivity contribution in [2.24, 2.45) is 0 Å². The third-order valence-corrected chi connectivity index (χ3v) is 4.25. The summed E-state index contributed by atoms with van der Waals surface area (Å²) in [6.07, 6.45) is 11.0. The minimum atomic E-state index is 0.0425. The SMILES string of the molecule is C/C(=C\CCCCC(I)I)COC1CCCCO1. The minimum Gasteiger partial charge on any atom is -0.353 e. The molecule has 106 valence electrons. The van der Waals surface area contributed by atoms with E-state index >= 15 is 0 Å². The molecule has 4 heteroatoms. The van der Waals surface area contributed by atoms with Gasteiger partial charge in [-0.15, -0.1) is 0 Å². The predicted molar refractivity (Wildman–Crippen MR) is 93.6 cm³/mol. The van der Waals surface area contributed by atoms with E-state index in [1.54, 1.807) is 0 Å². The highest BCUT2D eigenvalue weighted by Gasteiger charge is 2.13. The standard InChI is InChI=1S/C14H24I2O2/c1-12(7-3-2-4-8-13(15)16)11-18-14-9-5-6-10-17-14/h7,13-14H,2-6,8-11H2,1H3/b12-7+. The average molecular weight is 478 g/mol. The minimum absolute atomic E-state index is 0.0425. The summed E-state index contributed by atoms with van der Waals surface area (Å²) in [7, 11) is 0. The quantitative estimate of drug-likeness (QED) is 0.206. The number of alkyl halides is 2. The second-order valence-corrected chi connectivity index (χ2v) is 10.2. The van der Waals surface area contributed by atoms with Gasteiger partial charge in [-0.3, -0.25) is 0 Å². The van der Waals surface area contributed by atoms with Crippen LogP contribution in [-0.4, -0.2) is 21.4 Å². The van der Waals surface area contributed by atoms with Gasteiger partial charge >= 0.3 is 0 Å². The van der Waals surface area contributed by atoms with Gasteiger partial charge in [-0.2, -0.15) is 0 Å². The molecule has 1 fully saturated rings. The van der Waals surface area contributed by atoms with Gasteiger partial charge in [0.15, 0.2) is 6.29 Å². The maximum absolute atomic E-state index is 5.75. The normalized spacial score (nSPS) is 21.6. The number of rotatable bonds is 8. The van der Waals surface area contributed by atoms with Crippen LogP contribution in [0.2, 0.25) is 0 Å². The first-order chi connectivity index (χ1) is 8.68. The molecule has 0 bridgehead atoms. The number of halogens is 2. The molecule has 2 nitrogen and oxygen atoms in total. The Hall–Kier alpha value is 1.12. The number of hydrogen-bond donors (Lipinski definition) is 0. The first kappa shape index (κ1) is 17.2. The largest absolute Gasteiger partial charge is 0.353 e. The number of hydrogen-bond acceptors (Lipinski definition) is 2. The van der Waals surface area contributed by atoms with E-state index in [9.17, 15) is 0 Å². The lowest BCUT2D eigenvalue weighted by Gasteiger charge is -2.22. The van der Waals surface area contributed by atoms with Crippen LogP contribution in [0.4, 0.5) is 0 Å². The van der Waals surface area contributed by atoms with Gasteiger partial charge < -0.3 is 9.47 Å². The van der Waals surface area contributed by atoms with E-state index in [0.717, 1.165) is 21.6 Å². The first-order valence-electron chi connectivity index (χ1n) is 6.85. The van der Waals surface area contributed by atoms with Crippen LogP contribution in [0.15, 0.2) is 11.6 Å². The van der Waals surface area contributed by atoms with Crippen LogP contribution < -0.4 is 0 Å². The number of unbranched alkanes of at least 4 members (excludes halogenated alkanes) is 2. The molecule has 0 aromatic heterocycles. The van der Waals surface area contributed by atoms with E-state index in [4.69, 9.17) is 9.47 Å². The molecule has 1 heterocycles. The van der Waals surface area contributed by atoms with Crippen LogP contribution in [0.5, 0.6) is 0 Å². The summed E-state index contributed by atoms with van der Waals surface area (Å²) >= 11 is 4.97.